The molecule has 96 valence electrons. The molecule has 1 unspecified atom stereocenters. The first-order chi connectivity index (χ1) is 8.13. The maximum atomic E-state index is 11.7. The summed E-state index contributed by atoms with van der Waals surface area (Å²) in [5.74, 6) is 1.86. The van der Waals surface area contributed by atoms with E-state index in [1.54, 1.807) is 6.20 Å². The summed E-state index contributed by atoms with van der Waals surface area (Å²) >= 11 is 0. The molecular weight excluding hydrogens is 214 g/mol. The van der Waals surface area contributed by atoms with E-state index < -0.39 is 0 Å². The Kier molecular flexibility index (Phi) is 5.91. The molecule has 0 amide bonds. The van der Waals surface area contributed by atoms with Crippen LogP contribution in [-0.2, 0) is 18.3 Å². The van der Waals surface area contributed by atoms with Crippen LogP contribution in [0, 0.1) is 5.92 Å². The molecule has 1 aromatic rings. The largest absolute Gasteiger partial charge is 0.338 e. The lowest BCUT2D eigenvalue weighted by atomic mass is 9.99. The van der Waals surface area contributed by atoms with Crippen molar-refractivity contribution in [2.24, 2.45) is 18.7 Å². The Bertz CT molecular complexity index is 346. The minimum Gasteiger partial charge on any atom is -0.338 e. The van der Waals surface area contributed by atoms with E-state index in [1.807, 2.05) is 17.8 Å². The minimum absolute atomic E-state index is 0.330. The van der Waals surface area contributed by atoms with E-state index >= 15 is 0 Å². The molecule has 4 nitrogen and oxygen atoms in total. The second kappa shape index (κ2) is 7.22. The van der Waals surface area contributed by atoms with Crippen LogP contribution in [0.15, 0.2) is 12.4 Å². The smallest absolute Gasteiger partial charge is 0.133 e. The van der Waals surface area contributed by atoms with Gasteiger partial charge in [0.15, 0.2) is 0 Å². The Labute approximate surface area is 103 Å². The summed E-state index contributed by atoms with van der Waals surface area (Å²) in [6, 6.07) is 0. The Hall–Kier alpha value is -1.16. The third-order valence-electron chi connectivity index (χ3n) is 3.12. The highest BCUT2D eigenvalue weighted by atomic mass is 16.1. The molecule has 0 saturated carbocycles. The molecular formula is C13H23N3O. The monoisotopic (exact) mass is 237 g/mol. The van der Waals surface area contributed by atoms with Gasteiger partial charge in [0.1, 0.15) is 11.6 Å². The Balaban J connectivity index is 2.20. The number of ketones is 1. The van der Waals surface area contributed by atoms with Crippen molar-refractivity contribution in [1.29, 1.82) is 0 Å². The van der Waals surface area contributed by atoms with Gasteiger partial charge in [0.05, 0.1) is 0 Å². The summed E-state index contributed by atoms with van der Waals surface area (Å²) in [6.45, 7) is 2.86. The molecule has 0 spiro atoms. The van der Waals surface area contributed by atoms with E-state index in [-0.39, 0.29) is 0 Å². The number of nitrogens with zero attached hydrogens (tertiary/aromatic N) is 2. The van der Waals surface area contributed by atoms with E-state index in [1.165, 1.54) is 0 Å². The predicted octanol–water partition coefficient (Wildman–Crippen LogP) is 1.69. The van der Waals surface area contributed by atoms with Gasteiger partial charge in [-0.05, 0) is 25.3 Å². The molecule has 1 atom stereocenters. The highest BCUT2D eigenvalue weighted by molar-refractivity contribution is 5.78. The van der Waals surface area contributed by atoms with Gasteiger partial charge >= 0.3 is 0 Å². The molecule has 0 aliphatic rings. The second-order valence-corrected chi connectivity index (χ2v) is 4.71. The van der Waals surface area contributed by atoms with E-state index in [4.69, 9.17) is 5.73 Å². The number of carbonyl (C=O) groups is 1. The first-order valence-electron chi connectivity index (χ1n) is 6.31. The van der Waals surface area contributed by atoms with Crippen LogP contribution in [0.1, 0.15) is 38.4 Å². The van der Waals surface area contributed by atoms with Crippen LogP contribution in [-0.4, -0.2) is 21.9 Å². The van der Waals surface area contributed by atoms with Crippen LogP contribution in [0.4, 0.5) is 0 Å². The third kappa shape index (κ3) is 5.13. The molecule has 0 saturated heterocycles. The maximum Gasteiger partial charge on any atom is 0.133 e. The topological polar surface area (TPSA) is 60.9 Å². The van der Waals surface area contributed by atoms with Crippen molar-refractivity contribution in [2.45, 2.75) is 39.0 Å². The van der Waals surface area contributed by atoms with Crippen LogP contribution in [0.5, 0.6) is 0 Å². The Morgan fingerprint density at radius 1 is 1.47 bits per heavy atom. The molecule has 0 fully saturated rings. The van der Waals surface area contributed by atoms with Crippen molar-refractivity contribution in [2.75, 3.05) is 6.54 Å². The lowest BCUT2D eigenvalue weighted by molar-refractivity contribution is -0.119. The lowest BCUT2D eigenvalue weighted by Gasteiger charge is -2.08. The fourth-order valence-corrected chi connectivity index (χ4v) is 1.85. The molecule has 2 N–H and O–H groups in total. The van der Waals surface area contributed by atoms with Crippen LogP contribution in [0.25, 0.3) is 0 Å². The van der Waals surface area contributed by atoms with Crippen molar-refractivity contribution in [1.82, 2.24) is 9.55 Å². The lowest BCUT2D eigenvalue weighted by Crippen LogP contribution is -2.09. The summed E-state index contributed by atoms with van der Waals surface area (Å²) in [4.78, 5) is 15.9. The van der Waals surface area contributed by atoms with Gasteiger partial charge < -0.3 is 10.3 Å². The zero-order valence-corrected chi connectivity index (χ0v) is 10.9. The number of hydrogen-bond donors (Lipinski definition) is 1. The predicted molar refractivity (Wildman–Crippen MR) is 68.6 cm³/mol. The average molecular weight is 237 g/mol. The Morgan fingerprint density at radius 3 is 2.82 bits per heavy atom. The zero-order valence-electron chi connectivity index (χ0n) is 10.9. The standard InChI is InChI=1S/C13H23N3O/c1-11(7-8-14)3-4-12(17)5-6-13-15-9-10-16(13)2/h9-11H,3-8,14H2,1-2H3. The van der Waals surface area contributed by atoms with Gasteiger partial charge in [-0.25, -0.2) is 4.98 Å². The van der Waals surface area contributed by atoms with Gasteiger partial charge in [0, 0.05) is 38.7 Å². The molecule has 0 aliphatic heterocycles. The quantitative estimate of drug-likeness (QED) is 0.748. The van der Waals surface area contributed by atoms with Gasteiger partial charge in [0.2, 0.25) is 0 Å². The number of aromatic nitrogens is 2. The summed E-state index contributed by atoms with van der Waals surface area (Å²) in [6.07, 6.45) is 7.65. The molecule has 0 radical (unpaired) electrons. The fraction of sp³-hybridized carbons (Fsp3) is 0.692. The number of rotatable bonds is 8. The summed E-state index contributed by atoms with van der Waals surface area (Å²) < 4.78 is 1.96. The van der Waals surface area contributed by atoms with Crippen molar-refractivity contribution in [3.8, 4) is 0 Å². The van der Waals surface area contributed by atoms with Crippen LogP contribution < -0.4 is 5.73 Å². The third-order valence-corrected chi connectivity index (χ3v) is 3.12. The molecule has 1 rings (SSSR count). The molecule has 0 aliphatic carbocycles. The molecule has 0 bridgehead atoms. The summed E-state index contributed by atoms with van der Waals surface area (Å²) in [7, 11) is 1.95. The zero-order chi connectivity index (χ0) is 12.7. The van der Waals surface area contributed by atoms with E-state index in [2.05, 4.69) is 11.9 Å². The molecule has 0 aromatic carbocycles. The second-order valence-electron chi connectivity index (χ2n) is 4.71. The minimum atomic E-state index is 0.330. The van der Waals surface area contributed by atoms with Gasteiger partial charge in [-0.3, -0.25) is 4.79 Å². The van der Waals surface area contributed by atoms with E-state index in [9.17, 15) is 4.79 Å². The number of carbonyl (C=O) groups excluding carboxylic acids is 1. The summed E-state index contributed by atoms with van der Waals surface area (Å²) in [5.41, 5.74) is 5.48. The van der Waals surface area contributed by atoms with Crippen LogP contribution in [0.3, 0.4) is 0 Å². The number of nitrogens with two attached hydrogens (primary N) is 1. The molecule has 1 aromatic heterocycles. The van der Waals surface area contributed by atoms with Crippen molar-refractivity contribution >= 4 is 5.78 Å². The van der Waals surface area contributed by atoms with Gasteiger partial charge in [0.25, 0.3) is 0 Å². The molecule has 17 heavy (non-hydrogen) atoms. The number of hydrogen-bond acceptors (Lipinski definition) is 3. The maximum absolute atomic E-state index is 11.7. The molecule has 4 heteroatoms. The number of aryl methyl sites for hydroxylation is 2. The number of Topliss-reactive ketones (excluding diaryl/α,β-unsaturated/α-hetero) is 1. The first kappa shape index (κ1) is 13.9. The normalized spacial score (nSPS) is 12.6. The summed E-state index contributed by atoms with van der Waals surface area (Å²) in [5, 5.41) is 0. The van der Waals surface area contributed by atoms with Crippen molar-refractivity contribution < 1.29 is 4.79 Å². The van der Waals surface area contributed by atoms with Crippen LogP contribution in [0.2, 0.25) is 0 Å². The Morgan fingerprint density at radius 2 is 2.24 bits per heavy atom. The van der Waals surface area contributed by atoms with E-state index in [0.717, 1.165) is 25.1 Å². The van der Waals surface area contributed by atoms with Gasteiger partial charge in [-0.15, -0.1) is 0 Å². The van der Waals surface area contributed by atoms with Gasteiger partial charge in [-0.1, -0.05) is 6.92 Å². The molecule has 1 heterocycles. The van der Waals surface area contributed by atoms with E-state index in [0.29, 0.717) is 31.1 Å². The highest BCUT2D eigenvalue weighted by Gasteiger charge is 2.08. The SMILES string of the molecule is CC(CCN)CCC(=O)CCc1nccn1C. The van der Waals surface area contributed by atoms with Crippen molar-refractivity contribution in [3.05, 3.63) is 18.2 Å². The van der Waals surface area contributed by atoms with Crippen molar-refractivity contribution in [3.63, 3.8) is 0 Å². The highest BCUT2D eigenvalue weighted by Crippen LogP contribution is 2.11. The van der Waals surface area contributed by atoms with Crippen LogP contribution >= 0.6 is 0 Å². The number of imidazole rings is 1. The fourth-order valence-electron chi connectivity index (χ4n) is 1.85. The van der Waals surface area contributed by atoms with Gasteiger partial charge in [-0.2, -0.15) is 0 Å². The first-order valence-corrected chi connectivity index (χ1v) is 6.31. The average Bonchev–Trinajstić information content (AvgIpc) is 2.70.